The largest absolute Gasteiger partial charge is 0.383 e. The molecule has 11 nitrogen and oxygen atoms in total. The lowest BCUT2D eigenvalue weighted by molar-refractivity contribution is 0.0541. The summed E-state index contributed by atoms with van der Waals surface area (Å²) in [5.41, 5.74) is -0.0148. The molecule has 3 heterocycles. The summed E-state index contributed by atoms with van der Waals surface area (Å²) in [6.07, 6.45) is 3.57. The van der Waals surface area contributed by atoms with Gasteiger partial charge in [-0.3, -0.25) is 9.48 Å². The first kappa shape index (κ1) is 22.2. The van der Waals surface area contributed by atoms with Crippen molar-refractivity contribution in [1.29, 1.82) is 0 Å². The van der Waals surface area contributed by atoms with Gasteiger partial charge in [-0.25, -0.2) is 13.1 Å². The van der Waals surface area contributed by atoms with Gasteiger partial charge in [-0.1, -0.05) is 5.21 Å². The fraction of sp³-hybridized carbons (Fsp3) is 0.625. The third kappa shape index (κ3) is 4.49. The Bertz CT molecular complexity index is 992. The highest BCUT2D eigenvalue weighted by molar-refractivity contribution is 7.89. The lowest BCUT2D eigenvalue weighted by atomic mass is 10.2. The second-order valence-corrected chi connectivity index (χ2v) is 8.66. The molecule has 0 saturated carbocycles. The highest BCUT2D eigenvalue weighted by Crippen LogP contribution is 2.29. The lowest BCUT2D eigenvalue weighted by Gasteiger charge is -2.23. The Morgan fingerprint density at radius 3 is 2.87 bits per heavy atom. The van der Waals surface area contributed by atoms with E-state index < -0.39 is 28.5 Å². The van der Waals surface area contributed by atoms with Crippen LogP contribution >= 0.6 is 0 Å². The molecule has 1 N–H and O–H groups in total. The maximum atomic E-state index is 13.1. The van der Waals surface area contributed by atoms with Crippen molar-refractivity contribution in [3.05, 3.63) is 23.8 Å². The van der Waals surface area contributed by atoms with Gasteiger partial charge in [0.05, 0.1) is 31.2 Å². The topological polar surface area (TPSA) is 124 Å². The third-order valence-corrected chi connectivity index (χ3v) is 6.91. The summed E-state index contributed by atoms with van der Waals surface area (Å²) in [6.45, 7) is -0.515. The number of amides is 1. The number of alkyl halides is 2. The second-order valence-electron chi connectivity index (χ2n) is 6.80. The molecule has 3 rings (SSSR count). The van der Waals surface area contributed by atoms with Crippen LogP contribution in [0, 0.1) is 6.92 Å². The minimum Gasteiger partial charge on any atom is -0.383 e. The highest BCUT2D eigenvalue weighted by atomic mass is 32.2. The van der Waals surface area contributed by atoms with Crippen LogP contribution in [0.5, 0.6) is 0 Å². The molecule has 1 saturated heterocycles. The molecular formula is C16H23F2N7O4S. The van der Waals surface area contributed by atoms with Gasteiger partial charge in [-0.05, 0) is 19.8 Å². The van der Waals surface area contributed by atoms with Gasteiger partial charge < -0.3 is 10.1 Å². The summed E-state index contributed by atoms with van der Waals surface area (Å²) in [6, 6.07) is -0.449. The molecule has 0 aromatic carbocycles. The van der Waals surface area contributed by atoms with Crippen molar-refractivity contribution in [1.82, 2.24) is 34.4 Å². The van der Waals surface area contributed by atoms with Crippen LogP contribution in [-0.4, -0.2) is 76.3 Å². The van der Waals surface area contributed by atoms with Crippen molar-refractivity contribution >= 4 is 15.9 Å². The lowest BCUT2D eigenvalue weighted by Crippen LogP contribution is -2.38. The Morgan fingerprint density at radius 1 is 1.43 bits per heavy atom. The van der Waals surface area contributed by atoms with Crippen molar-refractivity contribution in [2.75, 3.05) is 26.8 Å². The molecule has 166 valence electrons. The van der Waals surface area contributed by atoms with Crippen LogP contribution in [0.1, 0.15) is 35.6 Å². The number of carbonyl (C=O) groups is 1. The summed E-state index contributed by atoms with van der Waals surface area (Å²) in [7, 11) is -2.50. The van der Waals surface area contributed by atoms with E-state index in [0.717, 1.165) is 6.20 Å². The third-order valence-electron chi connectivity index (χ3n) is 4.86. The maximum absolute atomic E-state index is 13.1. The smallest absolute Gasteiger partial charge is 0.333 e. The Labute approximate surface area is 172 Å². The predicted molar refractivity (Wildman–Crippen MR) is 99.4 cm³/mol. The fourth-order valence-electron chi connectivity index (χ4n) is 3.36. The number of rotatable bonds is 9. The number of ether oxygens (including phenoxy) is 1. The van der Waals surface area contributed by atoms with E-state index >= 15 is 0 Å². The van der Waals surface area contributed by atoms with Crippen LogP contribution < -0.4 is 5.32 Å². The quantitative estimate of drug-likeness (QED) is 0.552. The summed E-state index contributed by atoms with van der Waals surface area (Å²) in [5, 5.41) is 13.8. The minimum atomic E-state index is -4.01. The van der Waals surface area contributed by atoms with Gasteiger partial charge in [0.1, 0.15) is 4.90 Å². The molecular weight excluding hydrogens is 424 g/mol. The number of hydrogen-bond acceptors (Lipinski definition) is 7. The Kier molecular flexibility index (Phi) is 6.77. The number of hydrogen-bond donors (Lipinski definition) is 1. The van der Waals surface area contributed by atoms with Gasteiger partial charge >= 0.3 is 6.55 Å². The summed E-state index contributed by atoms with van der Waals surface area (Å²) in [4.78, 5) is 11.8. The molecule has 1 aliphatic rings. The zero-order chi connectivity index (χ0) is 21.9. The van der Waals surface area contributed by atoms with Gasteiger partial charge in [0.25, 0.3) is 5.91 Å². The molecule has 0 bridgehead atoms. The Morgan fingerprint density at radius 2 is 2.20 bits per heavy atom. The number of carbonyl (C=O) groups excluding carboxylic acids is 1. The standard InChI is InChI=1S/C16H23F2N7O4S/c1-11-14(8-20-25(11)16(17)18)30(27,28)24-6-3-4-12(24)9-23-10-13(21-22-23)15(26)19-5-7-29-2/h8,10,12,16H,3-7,9H2,1-2H3,(H,19,26). The number of aromatic nitrogens is 5. The summed E-state index contributed by atoms with van der Waals surface area (Å²) < 4.78 is 60.0. The monoisotopic (exact) mass is 447 g/mol. The molecule has 2 aromatic heterocycles. The van der Waals surface area contributed by atoms with E-state index in [1.54, 1.807) is 0 Å². The van der Waals surface area contributed by atoms with Crippen LogP contribution in [0.25, 0.3) is 0 Å². The number of methoxy groups -OCH3 is 1. The molecule has 14 heteroatoms. The number of nitrogens with zero attached hydrogens (tertiary/aromatic N) is 6. The van der Waals surface area contributed by atoms with Crippen LogP contribution in [0.3, 0.4) is 0 Å². The molecule has 2 aromatic rings. The van der Waals surface area contributed by atoms with E-state index in [4.69, 9.17) is 4.74 Å². The SMILES string of the molecule is COCCNC(=O)c1cn(CC2CCCN2S(=O)(=O)c2cnn(C(F)F)c2C)nn1. The first-order valence-corrected chi connectivity index (χ1v) is 10.7. The van der Waals surface area contributed by atoms with E-state index in [2.05, 4.69) is 20.7 Å². The second kappa shape index (κ2) is 9.14. The van der Waals surface area contributed by atoms with Gasteiger partial charge in [0, 0.05) is 26.2 Å². The fourth-order valence-corrected chi connectivity index (χ4v) is 5.19. The molecule has 1 amide bonds. The van der Waals surface area contributed by atoms with Crippen LogP contribution in [0.2, 0.25) is 0 Å². The average molecular weight is 447 g/mol. The van der Waals surface area contributed by atoms with E-state index in [1.807, 2.05) is 0 Å². The van der Waals surface area contributed by atoms with Crippen LogP contribution in [0.4, 0.5) is 8.78 Å². The molecule has 1 unspecified atom stereocenters. The molecule has 0 spiro atoms. The summed E-state index contributed by atoms with van der Waals surface area (Å²) in [5.74, 6) is -0.413. The van der Waals surface area contributed by atoms with Crippen molar-refractivity contribution in [3.63, 3.8) is 0 Å². The van der Waals surface area contributed by atoms with Crippen LogP contribution in [0.15, 0.2) is 17.3 Å². The van der Waals surface area contributed by atoms with Crippen LogP contribution in [-0.2, 0) is 21.3 Å². The van der Waals surface area contributed by atoms with Gasteiger partial charge in [-0.15, -0.1) is 5.10 Å². The van der Waals surface area contributed by atoms with Gasteiger partial charge in [0.15, 0.2) is 5.69 Å². The number of sulfonamides is 1. The van der Waals surface area contributed by atoms with Gasteiger partial charge in [0.2, 0.25) is 10.0 Å². The van der Waals surface area contributed by atoms with E-state index in [-0.39, 0.29) is 29.4 Å². The highest BCUT2D eigenvalue weighted by Gasteiger charge is 2.38. The first-order chi connectivity index (χ1) is 14.3. The number of nitrogens with one attached hydrogen (secondary N) is 1. The number of halogens is 2. The molecule has 1 atom stereocenters. The predicted octanol–water partition coefficient (Wildman–Crippen LogP) is 0.408. The van der Waals surface area contributed by atoms with E-state index in [0.29, 0.717) is 30.7 Å². The summed E-state index contributed by atoms with van der Waals surface area (Å²) >= 11 is 0. The molecule has 0 aliphatic carbocycles. The Hall–Kier alpha value is -2.45. The van der Waals surface area contributed by atoms with E-state index in [1.165, 1.54) is 29.2 Å². The van der Waals surface area contributed by atoms with Crippen molar-refractivity contribution in [2.24, 2.45) is 0 Å². The van der Waals surface area contributed by atoms with Crippen molar-refractivity contribution in [2.45, 2.75) is 43.8 Å². The zero-order valence-corrected chi connectivity index (χ0v) is 17.3. The average Bonchev–Trinajstić information content (AvgIpc) is 3.42. The van der Waals surface area contributed by atoms with Gasteiger partial charge in [-0.2, -0.15) is 18.2 Å². The van der Waals surface area contributed by atoms with E-state index in [9.17, 15) is 22.0 Å². The zero-order valence-electron chi connectivity index (χ0n) is 16.5. The molecule has 0 radical (unpaired) electrons. The normalized spacial score (nSPS) is 17.7. The maximum Gasteiger partial charge on any atom is 0.333 e. The molecule has 1 aliphatic heterocycles. The molecule has 30 heavy (non-hydrogen) atoms. The first-order valence-electron chi connectivity index (χ1n) is 9.27. The van der Waals surface area contributed by atoms with Crippen molar-refractivity contribution < 1.29 is 26.7 Å². The molecule has 1 fully saturated rings. The minimum absolute atomic E-state index is 0.104. The Balaban J connectivity index is 1.73. The van der Waals surface area contributed by atoms with Crippen molar-refractivity contribution in [3.8, 4) is 0 Å².